The van der Waals surface area contributed by atoms with Crippen molar-refractivity contribution >= 4 is 18.0 Å². The van der Waals surface area contributed by atoms with Crippen molar-refractivity contribution in [1.82, 2.24) is 10.7 Å². The van der Waals surface area contributed by atoms with Gasteiger partial charge in [-0.3, -0.25) is 9.59 Å². The Hall–Kier alpha value is -3.75. The molecule has 0 spiro atoms. The molecule has 1 aliphatic rings. The fourth-order valence-corrected chi connectivity index (χ4v) is 2.15. The monoisotopic (exact) mass is 357 g/mol. The van der Waals surface area contributed by atoms with Gasteiger partial charge in [0.05, 0.1) is 12.8 Å². The van der Waals surface area contributed by atoms with Gasteiger partial charge in [0.1, 0.15) is 11.5 Å². The van der Waals surface area contributed by atoms with Crippen LogP contribution in [0.25, 0.3) is 0 Å². The lowest BCUT2D eigenvalue weighted by Crippen LogP contribution is -2.34. The van der Waals surface area contributed by atoms with Crippen LogP contribution >= 0.6 is 0 Å². The third kappa shape index (κ3) is 4.01. The number of nitrogens with one attached hydrogen (secondary N) is 2. The first-order valence-corrected chi connectivity index (χ1v) is 7.54. The van der Waals surface area contributed by atoms with Crippen LogP contribution in [0, 0.1) is 0 Å². The second kappa shape index (κ2) is 7.43. The van der Waals surface area contributed by atoms with Crippen molar-refractivity contribution in [1.29, 1.82) is 0 Å². The van der Waals surface area contributed by atoms with Gasteiger partial charge < -0.3 is 25.0 Å². The number of phenols is 2. The number of ether oxygens (including phenoxy) is 2. The van der Waals surface area contributed by atoms with Crippen molar-refractivity contribution in [2.24, 2.45) is 5.10 Å². The summed E-state index contributed by atoms with van der Waals surface area (Å²) in [6.45, 7) is -0.177. The molecule has 2 aromatic rings. The number of carbonyl (C=O) groups is 2. The number of fused-ring (bicyclic) bond motifs is 1. The molecule has 0 aliphatic carbocycles. The highest BCUT2D eigenvalue weighted by molar-refractivity contribution is 5.97. The van der Waals surface area contributed by atoms with Crippen LogP contribution < -0.4 is 20.2 Å². The highest BCUT2D eigenvalue weighted by Gasteiger charge is 2.16. The van der Waals surface area contributed by atoms with E-state index in [0.717, 1.165) is 6.07 Å². The van der Waals surface area contributed by atoms with Crippen LogP contribution in [-0.2, 0) is 4.79 Å². The fraction of sp³-hybridized carbons (Fsp3) is 0.118. The van der Waals surface area contributed by atoms with Crippen LogP contribution in [0.4, 0.5) is 0 Å². The van der Waals surface area contributed by atoms with Gasteiger partial charge in [0.15, 0.2) is 11.5 Å². The van der Waals surface area contributed by atoms with Crippen LogP contribution in [0.1, 0.15) is 15.9 Å². The Balaban J connectivity index is 1.49. The van der Waals surface area contributed by atoms with Gasteiger partial charge in [-0.1, -0.05) is 0 Å². The molecule has 0 saturated heterocycles. The molecule has 1 aliphatic heterocycles. The first-order chi connectivity index (χ1) is 12.5. The predicted molar refractivity (Wildman–Crippen MR) is 90.4 cm³/mol. The van der Waals surface area contributed by atoms with Crippen molar-refractivity contribution in [3.05, 3.63) is 47.5 Å². The van der Waals surface area contributed by atoms with Crippen LogP contribution in [0.15, 0.2) is 41.5 Å². The minimum atomic E-state index is -0.548. The Morgan fingerprint density at radius 1 is 1.12 bits per heavy atom. The van der Waals surface area contributed by atoms with Crippen molar-refractivity contribution < 1.29 is 29.3 Å². The molecule has 2 aromatic carbocycles. The molecule has 0 saturated carbocycles. The van der Waals surface area contributed by atoms with Gasteiger partial charge in [0, 0.05) is 17.2 Å². The average Bonchev–Trinajstić information content (AvgIpc) is 3.09. The quantitative estimate of drug-likeness (QED) is 0.461. The maximum atomic E-state index is 12.0. The standard InChI is InChI=1S/C17H15N3O6/c21-12-3-1-11(13(22)6-12)7-19-20-16(23)8-18-17(24)10-2-4-14-15(5-10)26-9-25-14/h1-7,21-22H,8-9H2,(H,18,24)(H,20,23)/b19-7+. The lowest BCUT2D eigenvalue weighted by atomic mass is 10.2. The lowest BCUT2D eigenvalue weighted by molar-refractivity contribution is -0.120. The summed E-state index contributed by atoms with van der Waals surface area (Å²) in [5, 5.41) is 24.9. The number of hydrazone groups is 1. The number of aromatic hydroxyl groups is 2. The third-order valence-corrected chi connectivity index (χ3v) is 3.45. The van der Waals surface area contributed by atoms with Gasteiger partial charge in [0.25, 0.3) is 11.8 Å². The number of hydrogen-bond donors (Lipinski definition) is 4. The average molecular weight is 357 g/mol. The van der Waals surface area contributed by atoms with E-state index in [1.807, 2.05) is 0 Å². The number of benzene rings is 2. The Labute approximate surface area is 147 Å². The van der Waals surface area contributed by atoms with Crippen molar-refractivity contribution in [3.63, 3.8) is 0 Å². The predicted octanol–water partition coefficient (Wildman–Crippen LogP) is 0.707. The van der Waals surface area contributed by atoms with Crippen LogP contribution in [0.2, 0.25) is 0 Å². The summed E-state index contributed by atoms with van der Waals surface area (Å²) in [5.74, 6) is -0.229. The Morgan fingerprint density at radius 2 is 1.92 bits per heavy atom. The summed E-state index contributed by atoms with van der Waals surface area (Å²) in [4.78, 5) is 23.7. The largest absolute Gasteiger partial charge is 0.508 e. The van der Waals surface area contributed by atoms with E-state index >= 15 is 0 Å². The number of nitrogens with zero attached hydrogens (tertiary/aromatic N) is 1. The summed E-state index contributed by atoms with van der Waals surface area (Å²) in [7, 11) is 0. The second-order valence-electron chi connectivity index (χ2n) is 5.29. The SMILES string of the molecule is O=C(CNC(=O)c1ccc2c(c1)OCO2)N/N=C/c1ccc(O)cc1O. The molecular weight excluding hydrogens is 342 g/mol. The normalized spacial score (nSPS) is 12.2. The Bertz CT molecular complexity index is 881. The number of phenolic OH excluding ortho intramolecular Hbond substituents is 2. The highest BCUT2D eigenvalue weighted by Crippen LogP contribution is 2.32. The molecule has 26 heavy (non-hydrogen) atoms. The zero-order valence-electron chi connectivity index (χ0n) is 13.4. The number of carbonyl (C=O) groups excluding carboxylic acids is 2. The molecule has 0 fully saturated rings. The summed E-state index contributed by atoms with van der Waals surface area (Å²) >= 11 is 0. The van der Waals surface area contributed by atoms with Gasteiger partial charge in [-0.2, -0.15) is 5.10 Å². The molecule has 0 unspecified atom stereocenters. The van der Waals surface area contributed by atoms with Crippen molar-refractivity contribution in [2.75, 3.05) is 13.3 Å². The van der Waals surface area contributed by atoms with Gasteiger partial charge in [0.2, 0.25) is 6.79 Å². The number of hydrogen-bond acceptors (Lipinski definition) is 7. The summed E-state index contributed by atoms with van der Waals surface area (Å²) in [6, 6.07) is 8.66. The maximum Gasteiger partial charge on any atom is 0.259 e. The highest BCUT2D eigenvalue weighted by atomic mass is 16.7. The molecule has 0 aromatic heterocycles. The van der Waals surface area contributed by atoms with Gasteiger partial charge in [-0.25, -0.2) is 5.43 Å². The molecular formula is C17H15N3O6. The smallest absolute Gasteiger partial charge is 0.259 e. The van der Waals surface area contributed by atoms with Gasteiger partial charge in [-0.05, 0) is 30.3 Å². The molecule has 0 radical (unpaired) electrons. The van der Waals surface area contributed by atoms with Crippen LogP contribution in [0.3, 0.4) is 0 Å². The molecule has 9 nitrogen and oxygen atoms in total. The Kier molecular flexibility index (Phi) is 4.88. The Morgan fingerprint density at radius 3 is 2.73 bits per heavy atom. The second-order valence-corrected chi connectivity index (χ2v) is 5.29. The lowest BCUT2D eigenvalue weighted by Gasteiger charge is -2.05. The maximum absolute atomic E-state index is 12.0. The van der Waals surface area contributed by atoms with E-state index in [9.17, 15) is 19.8 Å². The molecule has 9 heteroatoms. The molecule has 0 bridgehead atoms. The van der Waals surface area contributed by atoms with Crippen LogP contribution in [0.5, 0.6) is 23.0 Å². The number of rotatable bonds is 5. The molecule has 134 valence electrons. The van der Waals surface area contributed by atoms with E-state index in [1.165, 1.54) is 24.4 Å². The zero-order valence-corrected chi connectivity index (χ0v) is 13.4. The van der Waals surface area contributed by atoms with Gasteiger partial charge in [-0.15, -0.1) is 0 Å². The summed E-state index contributed by atoms with van der Waals surface area (Å²) in [5.41, 5.74) is 2.86. The molecule has 4 N–H and O–H groups in total. The molecule has 1 heterocycles. The third-order valence-electron chi connectivity index (χ3n) is 3.45. The van der Waals surface area contributed by atoms with E-state index in [-0.39, 0.29) is 24.8 Å². The fourth-order valence-electron chi connectivity index (χ4n) is 2.15. The van der Waals surface area contributed by atoms with E-state index < -0.39 is 11.8 Å². The van der Waals surface area contributed by atoms with Gasteiger partial charge >= 0.3 is 0 Å². The first-order valence-electron chi connectivity index (χ1n) is 7.54. The van der Waals surface area contributed by atoms with Crippen LogP contribution in [-0.4, -0.2) is 41.6 Å². The summed E-state index contributed by atoms with van der Waals surface area (Å²) in [6.07, 6.45) is 1.21. The summed E-state index contributed by atoms with van der Waals surface area (Å²) < 4.78 is 10.4. The molecule has 2 amide bonds. The van der Waals surface area contributed by atoms with Crippen molar-refractivity contribution in [2.45, 2.75) is 0 Å². The van der Waals surface area contributed by atoms with Crippen molar-refractivity contribution in [3.8, 4) is 23.0 Å². The van der Waals surface area contributed by atoms with E-state index in [1.54, 1.807) is 12.1 Å². The minimum Gasteiger partial charge on any atom is -0.508 e. The molecule has 3 rings (SSSR count). The molecule has 0 atom stereocenters. The first kappa shape index (κ1) is 17.1. The minimum absolute atomic E-state index is 0.0880. The van der Waals surface area contributed by atoms with E-state index in [0.29, 0.717) is 22.6 Å². The van der Waals surface area contributed by atoms with E-state index in [4.69, 9.17) is 9.47 Å². The topological polar surface area (TPSA) is 129 Å². The zero-order chi connectivity index (χ0) is 18.5. The number of amides is 2. The van der Waals surface area contributed by atoms with E-state index in [2.05, 4.69) is 15.8 Å².